The minimum absolute atomic E-state index is 0.295. The van der Waals surface area contributed by atoms with Gasteiger partial charge in [-0.2, -0.15) is 0 Å². The molecule has 0 amide bonds. The first-order valence-corrected chi connectivity index (χ1v) is 7.08. The van der Waals surface area contributed by atoms with Crippen LogP contribution in [0.25, 0.3) is 0 Å². The summed E-state index contributed by atoms with van der Waals surface area (Å²) in [6.45, 7) is 7.65. The molecule has 0 saturated carbocycles. The van der Waals surface area contributed by atoms with Gasteiger partial charge in [-0.25, -0.2) is 0 Å². The Kier molecular flexibility index (Phi) is 6.51. The van der Waals surface area contributed by atoms with Crippen molar-refractivity contribution >= 4 is 11.6 Å². The zero-order valence-corrected chi connectivity index (χ0v) is 12.6. The summed E-state index contributed by atoms with van der Waals surface area (Å²) in [7, 11) is 1.71. The molecule has 1 aromatic rings. The molecule has 0 aliphatic rings. The van der Waals surface area contributed by atoms with Crippen LogP contribution in [0.3, 0.4) is 0 Å². The molecule has 0 bridgehead atoms. The van der Waals surface area contributed by atoms with Gasteiger partial charge in [0.2, 0.25) is 0 Å². The fourth-order valence-electron chi connectivity index (χ4n) is 2.10. The summed E-state index contributed by atoms with van der Waals surface area (Å²) < 4.78 is 5.46. The van der Waals surface area contributed by atoms with Crippen molar-refractivity contribution in [3.8, 4) is 5.75 Å². The van der Waals surface area contributed by atoms with Gasteiger partial charge in [0.25, 0.3) is 0 Å². The third-order valence-electron chi connectivity index (χ3n) is 3.35. The molecule has 2 unspecified atom stereocenters. The van der Waals surface area contributed by atoms with Gasteiger partial charge in [-0.05, 0) is 37.1 Å². The van der Waals surface area contributed by atoms with E-state index < -0.39 is 0 Å². The Morgan fingerprint density at radius 2 is 2.06 bits per heavy atom. The number of hydrogen-bond acceptors (Lipinski definition) is 2. The predicted octanol–water partition coefficient (Wildman–Crippen LogP) is 4.44. The summed E-state index contributed by atoms with van der Waals surface area (Å²) in [6, 6.07) is 6.13. The second kappa shape index (κ2) is 7.65. The molecular formula is C15H24ClNO. The zero-order chi connectivity index (χ0) is 13.5. The predicted molar refractivity (Wildman–Crippen MR) is 78.5 cm³/mol. The average Bonchev–Trinajstić information content (AvgIpc) is 2.39. The molecule has 0 saturated heterocycles. The molecule has 3 heteroatoms. The lowest BCUT2D eigenvalue weighted by Gasteiger charge is -2.26. The van der Waals surface area contributed by atoms with E-state index >= 15 is 0 Å². The van der Waals surface area contributed by atoms with Gasteiger partial charge < -0.3 is 10.1 Å². The van der Waals surface area contributed by atoms with Crippen molar-refractivity contribution in [3.63, 3.8) is 0 Å². The number of halogens is 1. The van der Waals surface area contributed by atoms with Gasteiger partial charge in [0.15, 0.2) is 0 Å². The molecule has 18 heavy (non-hydrogen) atoms. The molecule has 102 valence electrons. The van der Waals surface area contributed by atoms with Gasteiger partial charge in [0, 0.05) is 16.6 Å². The van der Waals surface area contributed by atoms with Crippen LogP contribution < -0.4 is 10.1 Å². The van der Waals surface area contributed by atoms with Crippen LogP contribution in [0.5, 0.6) is 5.75 Å². The molecule has 1 aromatic carbocycles. The third kappa shape index (κ3) is 3.89. The Hall–Kier alpha value is -0.730. The van der Waals surface area contributed by atoms with Gasteiger partial charge in [-0.15, -0.1) is 0 Å². The minimum Gasteiger partial charge on any atom is -0.496 e. The van der Waals surface area contributed by atoms with Crippen LogP contribution in [-0.4, -0.2) is 13.7 Å². The van der Waals surface area contributed by atoms with Gasteiger partial charge >= 0.3 is 0 Å². The fourth-order valence-corrected chi connectivity index (χ4v) is 2.28. The standard InChI is InChI=1S/C15H24ClNO/c1-5-9-17-15(11(3)6-2)13-10-12(16)7-8-14(13)18-4/h7-8,10-11,15,17H,5-6,9H2,1-4H3. The Morgan fingerprint density at radius 1 is 1.33 bits per heavy atom. The second-order valence-corrected chi connectivity index (χ2v) is 5.14. The van der Waals surface area contributed by atoms with Crippen LogP contribution >= 0.6 is 11.6 Å². The van der Waals surface area contributed by atoms with Gasteiger partial charge in [-0.1, -0.05) is 38.8 Å². The highest BCUT2D eigenvalue weighted by Crippen LogP contribution is 2.33. The number of ether oxygens (including phenoxy) is 1. The van der Waals surface area contributed by atoms with Crippen LogP contribution in [0.2, 0.25) is 5.02 Å². The summed E-state index contributed by atoms with van der Waals surface area (Å²) in [5.41, 5.74) is 1.16. The highest BCUT2D eigenvalue weighted by Gasteiger charge is 2.21. The van der Waals surface area contributed by atoms with Crippen molar-refractivity contribution in [2.24, 2.45) is 5.92 Å². The molecule has 0 aliphatic carbocycles. The molecule has 0 aliphatic heterocycles. The summed E-state index contributed by atoms with van der Waals surface area (Å²) in [5.74, 6) is 1.46. The first-order chi connectivity index (χ1) is 8.63. The Labute approximate surface area is 116 Å². The summed E-state index contributed by atoms with van der Waals surface area (Å²) in [6.07, 6.45) is 2.24. The van der Waals surface area contributed by atoms with E-state index in [1.165, 1.54) is 0 Å². The van der Waals surface area contributed by atoms with Gasteiger partial charge in [0.05, 0.1) is 7.11 Å². The quantitative estimate of drug-likeness (QED) is 0.790. The maximum absolute atomic E-state index is 6.12. The Morgan fingerprint density at radius 3 is 2.61 bits per heavy atom. The molecule has 0 radical (unpaired) electrons. The van der Waals surface area contributed by atoms with Crippen molar-refractivity contribution in [3.05, 3.63) is 28.8 Å². The molecule has 0 fully saturated rings. The van der Waals surface area contributed by atoms with Crippen LogP contribution in [0.1, 0.15) is 45.2 Å². The number of hydrogen-bond donors (Lipinski definition) is 1. The first kappa shape index (κ1) is 15.3. The van der Waals surface area contributed by atoms with Crippen LogP contribution in [0.4, 0.5) is 0 Å². The van der Waals surface area contributed by atoms with Crippen molar-refractivity contribution in [2.45, 2.75) is 39.7 Å². The van der Waals surface area contributed by atoms with E-state index in [1.807, 2.05) is 18.2 Å². The number of benzene rings is 1. The number of rotatable bonds is 7. The first-order valence-electron chi connectivity index (χ1n) is 6.70. The van der Waals surface area contributed by atoms with E-state index in [-0.39, 0.29) is 0 Å². The molecule has 0 aromatic heterocycles. The van der Waals surface area contributed by atoms with Crippen LogP contribution in [-0.2, 0) is 0 Å². The van der Waals surface area contributed by atoms with Crippen molar-refractivity contribution in [2.75, 3.05) is 13.7 Å². The zero-order valence-electron chi connectivity index (χ0n) is 11.8. The maximum Gasteiger partial charge on any atom is 0.123 e. The van der Waals surface area contributed by atoms with E-state index in [0.29, 0.717) is 12.0 Å². The van der Waals surface area contributed by atoms with E-state index in [0.717, 1.165) is 35.7 Å². The van der Waals surface area contributed by atoms with E-state index in [1.54, 1.807) is 7.11 Å². The molecule has 1 N–H and O–H groups in total. The maximum atomic E-state index is 6.12. The topological polar surface area (TPSA) is 21.3 Å². The SMILES string of the molecule is CCCNC(c1cc(Cl)ccc1OC)C(C)CC. The lowest BCUT2D eigenvalue weighted by atomic mass is 9.91. The van der Waals surface area contributed by atoms with Crippen LogP contribution in [0, 0.1) is 5.92 Å². The lowest BCUT2D eigenvalue weighted by molar-refractivity contribution is 0.351. The van der Waals surface area contributed by atoms with Crippen molar-refractivity contribution in [1.29, 1.82) is 0 Å². The molecule has 1 rings (SSSR count). The van der Waals surface area contributed by atoms with E-state index in [9.17, 15) is 0 Å². The summed E-state index contributed by atoms with van der Waals surface area (Å²) >= 11 is 6.12. The highest BCUT2D eigenvalue weighted by molar-refractivity contribution is 6.30. The van der Waals surface area contributed by atoms with Crippen LogP contribution in [0.15, 0.2) is 18.2 Å². The number of nitrogens with one attached hydrogen (secondary N) is 1. The summed E-state index contributed by atoms with van der Waals surface area (Å²) in [5, 5.41) is 4.36. The smallest absolute Gasteiger partial charge is 0.123 e. The normalized spacial score (nSPS) is 14.3. The highest BCUT2D eigenvalue weighted by atomic mass is 35.5. The number of methoxy groups -OCH3 is 1. The molecule has 0 spiro atoms. The van der Waals surface area contributed by atoms with E-state index in [2.05, 4.69) is 26.1 Å². The van der Waals surface area contributed by atoms with E-state index in [4.69, 9.17) is 16.3 Å². The monoisotopic (exact) mass is 269 g/mol. The Balaban J connectivity index is 3.05. The Bertz CT molecular complexity index is 368. The van der Waals surface area contributed by atoms with Crippen molar-refractivity contribution < 1.29 is 4.74 Å². The molecule has 2 atom stereocenters. The summed E-state index contributed by atoms with van der Waals surface area (Å²) in [4.78, 5) is 0. The largest absolute Gasteiger partial charge is 0.496 e. The molecule has 2 nitrogen and oxygen atoms in total. The molecular weight excluding hydrogens is 246 g/mol. The fraction of sp³-hybridized carbons (Fsp3) is 0.600. The second-order valence-electron chi connectivity index (χ2n) is 4.70. The average molecular weight is 270 g/mol. The minimum atomic E-state index is 0.295. The van der Waals surface area contributed by atoms with Crippen molar-refractivity contribution in [1.82, 2.24) is 5.32 Å². The third-order valence-corrected chi connectivity index (χ3v) is 3.59. The lowest BCUT2D eigenvalue weighted by Crippen LogP contribution is -2.27. The molecule has 0 heterocycles. The van der Waals surface area contributed by atoms with Gasteiger partial charge in [-0.3, -0.25) is 0 Å². The van der Waals surface area contributed by atoms with Gasteiger partial charge in [0.1, 0.15) is 5.75 Å².